The molecule has 0 aliphatic carbocycles. The van der Waals surface area contributed by atoms with Gasteiger partial charge in [-0.25, -0.2) is 4.18 Å². The number of hydrogen-bond donors (Lipinski definition) is 4. The maximum Gasteiger partial charge on any atom is 0.397 e. The number of hydrogen-bond acceptors (Lipinski definition) is 10. The maximum absolute atomic E-state index is 11.4. The minimum atomic E-state index is -4.83. The van der Waals surface area contributed by atoms with Crippen molar-refractivity contribution in [1.82, 2.24) is 5.32 Å². The van der Waals surface area contributed by atoms with Crippen LogP contribution in [0.15, 0.2) is 24.3 Å². The smallest absolute Gasteiger partial charge is 0.397 e. The summed E-state index contributed by atoms with van der Waals surface area (Å²) in [4.78, 5) is 21.5. The molecule has 28 heavy (non-hydrogen) atoms. The molecule has 13 nitrogen and oxygen atoms in total. The highest BCUT2D eigenvalue weighted by atomic mass is 32.3. The van der Waals surface area contributed by atoms with Gasteiger partial charge < -0.3 is 25.0 Å². The minimum Gasteiger partial charge on any atom is -0.463 e. The Balaban J connectivity index is 2.21. The number of carbonyl (C=O) groups is 1. The normalized spacial score (nSPS) is 27.8. The highest BCUT2D eigenvalue weighted by molar-refractivity contribution is 7.80. The van der Waals surface area contributed by atoms with E-state index in [1.54, 1.807) is 0 Å². The summed E-state index contributed by atoms with van der Waals surface area (Å²) in [6, 6.07) is 3.52. The van der Waals surface area contributed by atoms with Gasteiger partial charge in [-0.15, -0.1) is 0 Å². The van der Waals surface area contributed by atoms with Gasteiger partial charge in [-0.3, -0.25) is 19.5 Å². The number of carbonyl (C=O) groups excluding carboxylic acids is 1. The number of nitrogens with one attached hydrogen (secondary N) is 1. The second-order valence-corrected chi connectivity index (χ2v) is 6.92. The van der Waals surface area contributed by atoms with E-state index in [2.05, 4.69) is 9.50 Å². The van der Waals surface area contributed by atoms with E-state index in [0.717, 1.165) is 19.1 Å². The first-order chi connectivity index (χ1) is 13.0. The van der Waals surface area contributed by atoms with E-state index < -0.39 is 58.5 Å². The summed E-state index contributed by atoms with van der Waals surface area (Å²) in [7, 11) is -4.83. The van der Waals surface area contributed by atoms with E-state index in [1.807, 2.05) is 0 Å². The average Bonchev–Trinajstić information content (AvgIpc) is 2.59. The van der Waals surface area contributed by atoms with Gasteiger partial charge in [0.15, 0.2) is 0 Å². The molecule has 5 atom stereocenters. The Kier molecular flexibility index (Phi) is 6.87. The van der Waals surface area contributed by atoms with Crippen molar-refractivity contribution in [2.45, 2.75) is 37.6 Å². The number of nitro groups is 1. The molecule has 1 saturated heterocycles. The number of non-ortho nitro benzene ring substituents is 1. The molecule has 2 rings (SSSR count). The van der Waals surface area contributed by atoms with Crippen molar-refractivity contribution >= 4 is 22.0 Å². The van der Waals surface area contributed by atoms with Gasteiger partial charge in [-0.1, -0.05) is 0 Å². The zero-order valence-corrected chi connectivity index (χ0v) is 15.2. The zero-order chi connectivity index (χ0) is 21.1. The third kappa shape index (κ3) is 5.82. The summed E-state index contributed by atoms with van der Waals surface area (Å²) in [5.74, 6) is -0.506. The number of ether oxygens (including phenoxy) is 2. The standard InChI is InChI=1S/C14H18N2O11S/c1-7(17)15-11-13(19)12(18)10(6-25-28(22,23)24)27-14(11)26-9-4-2-8(3-5-9)16(20)21/h2-5,10-14,18-19H,6H2,1H3,(H,15,17)(H,22,23,24)/t10-,11+,12+,13+,14-/m0/s1. The second-order valence-electron chi connectivity index (χ2n) is 5.83. The minimum absolute atomic E-state index is 0.0731. The highest BCUT2D eigenvalue weighted by Crippen LogP contribution is 2.26. The third-order valence-corrected chi connectivity index (χ3v) is 4.19. The van der Waals surface area contributed by atoms with Crippen LogP contribution in [0, 0.1) is 10.1 Å². The van der Waals surface area contributed by atoms with Crippen molar-refractivity contribution in [1.29, 1.82) is 0 Å². The van der Waals surface area contributed by atoms with Crippen molar-refractivity contribution in [3.05, 3.63) is 34.4 Å². The molecule has 0 saturated carbocycles. The van der Waals surface area contributed by atoms with Crippen molar-refractivity contribution in [3.8, 4) is 5.75 Å². The van der Waals surface area contributed by atoms with Gasteiger partial charge in [0.1, 0.15) is 30.1 Å². The Morgan fingerprint density at radius 2 is 1.89 bits per heavy atom. The first-order valence-corrected chi connectivity index (χ1v) is 9.16. The van der Waals surface area contributed by atoms with Crippen LogP contribution in [0.25, 0.3) is 0 Å². The SMILES string of the molecule is CC(=O)N[C@H]1[C@@H](Oc2ccc([N+](=O)[O-])cc2)O[C@@H](COS(=O)(=O)O)[C@@H](O)[C@@H]1O. The molecule has 1 fully saturated rings. The summed E-state index contributed by atoms with van der Waals surface area (Å²) in [6.45, 7) is 0.305. The lowest BCUT2D eigenvalue weighted by molar-refractivity contribution is -0.384. The predicted octanol–water partition coefficient (Wildman–Crippen LogP) is -1.26. The molecule has 4 N–H and O–H groups in total. The molecule has 1 amide bonds. The van der Waals surface area contributed by atoms with E-state index in [4.69, 9.17) is 14.0 Å². The van der Waals surface area contributed by atoms with Crippen molar-refractivity contribution in [2.24, 2.45) is 0 Å². The number of amides is 1. The molecule has 1 aromatic carbocycles. The fourth-order valence-electron chi connectivity index (χ4n) is 2.49. The van der Waals surface area contributed by atoms with Crippen LogP contribution in [0.1, 0.15) is 6.92 Å². The van der Waals surface area contributed by atoms with Gasteiger partial charge >= 0.3 is 10.4 Å². The zero-order valence-electron chi connectivity index (χ0n) is 14.4. The number of benzene rings is 1. The average molecular weight is 422 g/mol. The molecule has 0 spiro atoms. The van der Waals surface area contributed by atoms with E-state index in [0.29, 0.717) is 0 Å². The predicted molar refractivity (Wildman–Crippen MR) is 89.5 cm³/mol. The lowest BCUT2D eigenvalue weighted by atomic mass is 9.97. The number of aliphatic hydroxyl groups excluding tert-OH is 2. The maximum atomic E-state index is 11.4. The number of nitro benzene ring substituents is 1. The van der Waals surface area contributed by atoms with E-state index in [9.17, 15) is 33.5 Å². The summed E-state index contributed by atoms with van der Waals surface area (Å²) in [6.07, 6.45) is -6.19. The lowest BCUT2D eigenvalue weighted by Gasteiger charge is -2.42. The van der Waals surface area contributed by atoms with Crippen LogP contribution in [0.4, 0.5) is 5.69 Å². The molecule has 156 valence electrons. The Morgan fingerprint density at radius 3 is 2.39 bits per heavy atom. The molecule has 14 heteroatoms. The van der Waals surface area contributed by atoms with Gasteiger partial charge in [0.05, 0.1) is 11.5 Å². The second kappa shape index (κ2) is 8.76. The Morgan fingerprint density at radius 1 is 1.29 bits per heavy atom. The first-order valence-electron chi connectivity index (χ1n) is 7.79. The van der Waals surface area contributed by atoms with Crippen LogP contribution in [0.2, 0.25) is 0 Å². The van der Waals surface area contributed by atoms with Gasteiger partial charge in [0.2, 0.25) is 12.2 Å². The first kappa shape index (κ1) is 21.9. The quantitative estimate of drug-likeness (QED) is 0.233. The molecule has 0 aromatic heterocycles. The molecule has 1 aliphatic rings. The molecular formula is C14H18N2O11S. The Labute approximate surface area is 158 Å². The van der Waals surface area contributed by atoms with Crippen molar-refractivity contribution in [2.75, 3.05) is 6.61 Å². The molecule has 0 bridgehead atoms. The Hall–Kier alpha value is -2.36. The van der Waals surface area contributed by atoms with Crippen LogP contribution >= 0.6 is 0 Å². The van der Waals surface area contributed by atoms with Gasteiger partial charge in [0.25, 0.3) is 5.69 Å². The molecule has 1 aromatic rings. The van der Waals surface area contributed by atoms with Crippen LogP contribution in [-0.4, -0.2) is 71.3 Å². The number of nitrogens with zero attached hydrogens (tertiary/aromatic N) is 1. The number of rotatable bonds is 7. The van der Waals surface area contributed by atoms with E-state index in [-0.39, 0.29) is 11.4 Å². The highest BCUT2D eigenvalue weighted by Gasteiger charge is 2.46. The molecular weight excluding hydrogens is 404 g/mol. The van der Waals surface area contributed by atoms with Crippen LogP contribution in [0.5, 0.6) is 5.75 Å². The lowest BCUT2D eigenvalue weighted by Crippen LogP contribution is -2.65. The Bertz CT molecular complexity index is 813. The summed E-state index contributed by atoms with van der Waals surface area (Å²) < 4.78 is 45.1. The third-order valence-electron chi connectivity index (χ3n) is 3.75. The van der Waals surface area contributed by atoms with Crippen LogP contribution in [0.3, 0.4) is 0 Å². The van der Waals surface area contributed by atoms with Crippen LogP contribution in [-0.2, 0) is 24.1 Å². The fourth-order valence-corrected chi connectivity index (χ4v) is 2.80. The fraction of sp³-hybridized carbons (Fsp3) is 0.500. The number of aliphatic hydroxyl groups is 2. The molecule has 1 heterocycles. The van der Waals surface area contributed by atoms with Crippen molar-refractivity contribution < 1.29 is 46.6 Å². The van der Waals surface area contributed by atoms with Crippen molar-refractivity contribution in [3.63, 3.8) is 0 Å². The van der Waals surface area contributed by atoms with E-state index in [1.165, 1.54) is 12.1 Å². The van der Waals surface area contributed by atoms with Crippen LogP contribution < -0.4 is 10.1 Å². The summed E-state index contributed by atoms with van der Waals surface area (Å²) >= 11 is 0. The summed E-state index contributed by atoms with van der Waals surface area (Å²) in [5.41, 5.74) is -0.204. The van der Waals surface area contributed by atoms with E-state index >= 15 is 0 Å². The topological polar surface area (TPSA) is 195 Å². The largest absolute Gasteiger partial charge is 0.463 e. The molecule has 0 radical (unpaired) electrons. The summed E-state index contributed by atoms with van der Waals surface area (Å²) in [5, 5.41) is 33.4. The van der Waals surface area contributed by atoms with Gasteiger partial charge in [-0.05, 0) is 12.1 Å². The van der Waals surface area contributed by atoms with Gasteiger partial charge in [0, 0.05) is 19.1 Å². The monoisotopic (exact) mass is 422 g/mol. The molecule has 0 unspecified atom stereocenters. The molecule has 1 aliphatic heterocycles. The van der Waals surface area contributed by atoms with Gasteiger partial charge in [-0.2, -0.15) is 8.42 Å².